The second-order valence-corrected chi connectivity index (χ2v) is 4.58. The summed E-state index contributed by atoms with van der Waals surface area (Å²) in [5.41, 5.74) is 0.805. The molecule has 0 radical (unpaired) electrons. The van der Waals surface area contributed by atoms with E-state index in [0.717, 1.165) is 0 Å². The highest BCUT2D eigenvalue weighted by molar-refractivity contribution is 6.46. The number of oxime groups is 1. The van der Waals surface area contributed by atoms with Crippen LogP contribution in [-0.4, -0.2) is 22.9 Å². The van der Waals surface area contributed by atoms with Gasteiger partial charge in [-0.1, -0.05) is 40.0 Å². The topological polar surface area (TPSA) is 58.9 Å². The molecule has 2 rings (SSSR count). The summed E-state index contributed by atoms with van der Waals surface area (Å²) in [6.45, 7) is 0. The summed E-state index contributed by atoms with van der Waals surface area (Å²) in [7, 11) is 0. The van der Waals surface area contributed by atoms with Crippen molar-refractivity contribution in [2.24, 2.45) is 5.16 Å². The average Bonchev–Trinajstić information content (AvgIpc) is 2.73. The van der Waals surface area contributed by atoms with Crippen LogP contribution < -0.4 is 0 Å². The molecular weight excluding hydrogens is 288 g/mol. The van der Waals surface area contributed by atoms with Gasteiger partial charge in [-0.2, -0.15) is 0 Å². The zero-order chi connectivity index (χ0) is 12.6. The van der Waals surface area contributed by atoms with Crippen molar-refractivity contribution in [1.29, 1.82) is 0 Å². The predicted octanol–water partition coefficient (Wildman–Crippen LogP) is 3.22. The SMILES string of the molecule is O=C(O)C1CC(c2c(Cl)ccc(Cl)c2Cl)=NO1. The Labute approximate surface area is 112 Å². The number of aliphatic carboxylic acids is 1. The summed E-state index contributed by atoms with van der Waals surface area (Å²) in [6.07, 6.45) is -0.897. The van der Waals surface area contributed by atoms with Gasteiger partial charge in [0, 0.05) is 12.0 Å². The van der Waals surface area contributed by atoms with Crippen molar-refractivity contribution in [1.82, 2.24) is 0 Å². The van der Waals surface area contributed by atoms with Crippen molar-refractivity contribution in [3.05, 3.63) is 32.8 Å². The minimum Gasteiger partial charge on any atom is -0.478 e. The molecule has 1 atom stereocenters. The summed E-state index contributed by atoms with van der Waals surface area (Å²) in [4.78, 5) is 15.5. The fraction of sp³-hybridized carbons (Fsp3) is 0.200. The van der Waals surface area contributed by atoms with Gasteiger partial charge in [-0.05, 0) is 12.1 Å². The molecule has 1 N–H and O–H groups in total. The Hall–Kier alpha value is -0.970. The van der Waals surface area contributed by atoms with E-state index in [4.69, 9.17) is 44.7 Å². The first-order valence-corrected chi connectivity index (χ1v) is 5.73. The number of carboxylic acids is 1. The molecule has 17 heavy (non-hydrogen) atoms. The van der Waals surface area contributed by atoms with Gasteiger partial charge in [0.2, 0.25) is 6.10 Å². The zero-order valence-electron chi connectivity index (χ0n) is 8.28. The van der Waals surface area contributed by atoms with Crippen LogP contribution in [0.15, 0.2) is 17.3 Å². The smallest absolute Gasteiger partial charge is 0.348 e. The third-order valence-electron chi connectivity index (χ3n) is 2.28. The molecule has 0 aliphatic carbocycles. The number of carbonyl (C=O) groups is 1. The lowest BCUT2D eigenvalue weighted by Gasteiger charge is -2.06. The maximum Gasteiger partial charge on any atom is 0.348 e. The molecule has 0 spiro atoms. The Balaban J connectivity index is 2.37. The van der Waals surface area contributed by atoms with Crippen LogP contribution in [0, 0.1) is 0 Å². The van der Waals surface area contributed by atoms with E-state index >= 15 is 0 Å². The number of hydrogen-bond acceptors (Lipinski definition) is 3. The summed E-state index contributed by atoms with van der Waals surface area (Å²) in [5, 5.41) is 13.4. The van der Waals surface area contributed by atoms with Gasteiger partial charge in [-0.15, -0.1) is 0 Å². The Morgan fingerprint density at radius 2 is 2.00 bits per heavy atom. The monoisotopic (exact) mass is 293 g/mol. The van der Waals surface area contributed by atoms with Crippen molar-refractivity contribution in [2.75, 3.05) is 0 Å². The summed E-state index contributed by atoms with van der Waals surface area (Å²) in [6, 6.07) is 3.13. The Morgan fingerprint density at radius 3 is 2.59 bits per heavy atom. The van der Waals surface area contributed by atoms with E-state index in [2.05, 4.69) is 5.16 Å². The molecule has 1 aliphatic rings. The van der Waals surface area contributed by atoms with Crippen molar-refractivity contribution in [2.45, 2.75) is 12.5 Å². The lowest BCUT2D eigenvalue weighted by atomic mass is 10.0. The molecule has 7 heteroatoms. The van der Waals surface area contributed by atoms with Crippen molar-refractivity contribution < 1.29 is 14.7 Å². The highest BCUT2D eigenvalue weighted by atomic mass is 35.5. The first-order chi connectivity index (χ1) is 8.00. The molecule has 0 saturated carbocycles. The zero-order valence-corrected chi connectivity index (χ0v) is 10.6. The number of carboxylic acid groups (broad SMARTS) is 1. The van der Waals surface area contributed by atoms with E-state index in [1.54, 1.807) is 12.1 Å². The van der Waals surface area contributed by atoms with Crippen LogP contribution in [0.25, 0.3) is 0 Å². The quantitative estimate of drug-likeness (QED) is 0.852. The molecule has 0 aromatic heterocycles. The Morgan fingerprint density at radius 1 is 1.35 bits per heavy atom. The molecule has 1 aromatic rings. The number of hydrogen-bond donors (Lipinski definition) is 1. The van der Waals surface area contributed by atoms with Gasteiger partial charge in [0.05, 0.1) is 20.8 Å². The van der Waals surface area contributed by atoms with Gasteiger partial charge < -0.3 is 9.94 Å². The van der Waals surface area contributed by atoms with E-state index in [1.165, 1.54) is 0 Å². The van der Waals surface area contributed by atoms with E-state index in [9.17, 15) is 4.79 Å². The van der Waals surface area contributed by atoms with E-state index in [-0.39, 0.29) is 11.4 Å². The highest BCUT2D eigenvalue weighted by Gasteiger charge is 2.30. The maximum absolute atomic E-state index is 10.7. The van der Waals surface area contributed by atoms with E-state index in [1.807, 2.05) is 0 Å². The third-order valence-corrected chi connectivity index (χ3v) is 3.40. The van der Waals surface area contributed by atoms with Gasteiger partial charge in [-0.25, -0.2) is 4.79 Å². The first-order valence-electron chi connectivity index (χ1n) is 4.60. The number of halogens is 3. The first kappa shape index (κ1) is 12.5. The van der Waals surface area contributed by atoms with Gasteiger partial charge in [0.15, 0.2) is 0 Å². The largest absolute Gasteiger partial charge is 0.478 e. The van der Waals surface area contributed by atoms with Crippen LogP contribution >= 0.6 is 34.8 Å². The second-order valence-electron chi connectivity index (χ2n) is 3.39. The van der Waals surface area contributed by atoms with Gasteiger partial charge >= 0.3 is 5.97 Å². The van der Waals surface area contributed by atoms with Crippen LogP contribution in [0.3, 0.4) is 0 Å². The van der Waals surface area contributed by atoms with Crippen molar-refractivity contribution >= 4 is 46.5 Å². The van der Waals surface area contributed by atoms with Gasteiger partial charge in [0.1, 0.15) is 0 Å². The maximum atomic E-state index is 10.7. The van der Waals surface area contributed by atoms with Crippen LogP contribution in [0.1, 0.15) is 12.0 Å². The minimum absolute atomic E-state index is 0.106. The van der Waals surface area contributed by atoms with E-state index < -0.39 is 12.1 Å². The fourth-order valence-electron chi connectivity index (χ4n) is 1.45. The molecule has 0 amide bonds. The summed E-state index contributed by atoms with van der Waals surface area (Å²) >= 11 is 17.8. The fourth-order valence-corrected chi connectivity index (χ4v) is 2.20. The van der Waals surface area contributed by atoms with E-state index in [0.29, 0.717) is 21.3 Å². The molecule has 1 heterocycles. The van der Waals surface area contributed by atoms with Crippen molar-refractivity contribution in [3.63, 3.8) is 0 Å². The second kappa shape index (κ2) is 4.72. The van der Waals surface area contributed by atoms with Gasteiger partial charge in [0.25, 0.3) is 0 Å². The predicted molar refractivity (Wildman–Crippen MR) is 65.1 cm³/mol. The lowest BCUT2D eigenvalue weighted by Crippen LogP contribution is -2.20. The molecule has 1 aromatic carbocycles. The summed E-state index contributed by atoms with van der Waals surface area (Å²) < 4.78 is 0. The number of benzene rings is 1. The van der Waals surface area contributed by atoms with Crippen LogP contribution in [0.2, 0.25) is 15.1 Å². The number of nitrogens with zero attached hydrogens (tertiary/aromatic N) is 1. The molecule has 1 aliphatic heterocycles. The van der Waals surface area contributed by atoms with Crippen LogP contribution in [0.4, 0.5) is 0 Å². The standard InChI is InChI=1S/C10H6Cl3NO3/c11-4-1-2-5(12)9(13)8(4)6-3-7(10(15)16)17-14-6/h1-2,7H,3H2,(H,15,16). The molecule has 0 fully saturated rings. The minimum atomic E-state index is -1.09. The molecule has 4 nitrogen and oxygen atoms in total. The molecule has 90 valence electrons. The molecule has 0 bridgehead atoms. The summed E-state index contributed by atoms with van der Waals surface area (Å²) in [5.74, 6) is -1.09. The molecule has 0 saturated heterocycles. The number of rotatable bonds is 2. The average molecular weight is 295 g/mol. The highest BCUT2D eigenvalue weighted by Crippen LogP contribution is 2.34. The van der Waals surface area contributed by atoms with Gasteiger partial charge in [-0.3, -0.25) is 0 Å². The third kappa shape index (κ3) is 2.34. The van der Waals surface area contributed by atoms with Crippen LogP contribution in [-0.2, 0) is 9.63 Å². The lowest BCUT2D eigenvalue weighted by molar-refractivity contribution is -0.148. The van der Waals surface area contributed by atoms with Crippen molar-refractivity contribution in [3.8, 4) is 0 Å². The Kier molecular flexibility index (Phi) is 3.47. The normalized spacial score (nSPS) is 18.8. The molecular formula is C10H6Cl3NO3. The van der Waals surface area contributed by atoms with Crippen LogP contribution in [0.5, 0.6) is 0 Å². The Bertz CT molecular complexity index is 516. The molecule has 1 unspecified atom stereocenters.